The minimum Gasteiger partial charge on any atom is -0.493 e. The first-order valence-electron chi connectivity index (χ1n) is 8.18. The highest BCUT2D eigenvalue weighted by molar-refractivity contribution is 5.59. The molecular formula is C19H22N4O2. The number of aromatic amines is 1. The molecule has 0 aliphatic heterocycles. The number of nitrogens with two attached hydrogens (primary N) is 1. The average Bonchev–Trinajstić information content (AvgIpc) is 3.12. The predicted molar refractivity (Wildman–Crippen MR) is 96.7 cm³/mol. The number of benzene rings is 2. The smallest absolute Gasteiger partial charge is 0.181 e. The molecule has 0 spiro atoms. The standard InChI is InChI=1S/C19H22N4O2/c1-4-25-15-10-9-13(11-16(15)24-3)17(20)19-21-18(22-23-19)14-8-6-5-7-12(14)2/h5-11,17H,4,20H2,1-3H3,(H,21,22,23). The molecule has 0 saturated carbocycles. The van der Waals surface area contributed by atoms with Crippen LogP contribution in [0, 0.1) is 6.92 Å². The number of ether oxygens (including phenoxy) is 2. The summed E-state index contributed by atoms with van der Waals surface area (Å²) in [6.45, 7) is 4.53. The molecule has 0 bridgehead atoms. The van der Waals surface area contributed by atoms with Gasteiger partial charge >= 0.3 is 0 Å². The van der Waals surface area contributed by atoms with Crippen molar-refractivity contribution in [2.75, 3.05) is 13.7 Å². The molecule has 25 heavy (non-hydrogen) atoms. The van der Waals surface area contributed by atoms with Crippen LogP contribution in [0.25, 0.3) is 11.4 Å². The largest absolute Gasteiger partial charge is 0.493 e. The van der Waals surface area contributed by atoms with E-state index in [9.17, 15) is 0 Å². The van der Waals surface area contributed by atoms with E-state index in [1.54, 1.807) is 7.11 Å². The lowest BCUT2D eigenvalue weighted by Gasteiger charge is -2.13. The number of methoxy groups -OCH3 is 1. The van der Waals surface area contributed by atoms with Gasteiger partial charge in [-0.2, -0.15) is 5.10 Å². The topological polar surface area (TPSA) is 86.0 Å². The first-order valence-corrected chi connectivity index (χ1v) is 8.18. The number of nitrogens with zero attached hydrogens (tertiary/aromatic N) is 2. The van der Waals surface area contributed by atoms with Crippen molar-refractivity contribution in [3.63, 3.8) is 0 Å². The van der Waals surface area contributed by atoms with E-state index >= 15 is 0 Å². The highest BCUT2D eigenvalue weighted by Crippen LogP contribution is 2.31. The average molecular weight is 338 g/mol. The van der Waals surface area contributed by atoms with Crippen molar-refractivity contribution in [1.29, 1.82) is 0 Å². The van der Waals surface area contributed by atoms with Crippen molar-refractivity contribution < 1.29 is 9.47 Å². The Labute approximate surface area is 147 Å². The van der Waals surface area contributed by atoms with Gasteiger partial charge in [0.15, 0.2) is 17.3 Å². The van der Waals surface area contributed by atoms with Crippen molar-refractivity contribution in [2.45, 2.75) is 19.9 Å². The summed E-state index contributed by atoms with van der Waals surface area (Å²) in [5.41, 5.74) is 9.33. The lowest BCUT2D eigenvalue weighted by molar-refractivity contribution is 0.310. The van der Waals surface area contributed by atoms with Crippen molar-refractivity contribution in [3.05, 3.63) is 59.4 Å². The third-order valence-electron chi connectivity index (χ3n) is 4.03. The molecule has 0 fully saturated rings. The van der Waals surface area contributed by atoms with Crippen LogP contribution in [-0.4, -0.2) is 28.9 Å². The van der Waals surface area contributed by atoms with Gasteiger partial charge in [-0.25, -0.2) is 4.98 Å². The molecule has 2 aromatic carbocycles. The molecule has 6 nitrogen and oxygen atoms in total. The molecule has 1 heterocycles. The van der Waals surface area contributed by atoms with Gasteiger partial charge in [0.1, 0.15) is 5.82 Å². The number of hydrogen-bond acceptors (Lipinski definition) is 5. The van der Waals surface area contributed by atoms with E-state index in [2.05, 4.69) is 15.2 Å². The van der Waals surface area contributed by atoms with Gasteiger partial charge in [0.2, 0.25) is 0 Å². The molecule has 3 rings (SSSR count). The minimum atomic E-state index is -0.435. The number of hydrogen-bond donors (Lipinski definition) is 2. The first kappa shape index (κ1) is 17.0. The maximum Gasteiger partial charge on any atom is 0.181 e. The second-order valence-corrected chi connectivity index (χ2v) is 5.68. The minimum absolute atomic E-state index is 0.435. The fraction of sp³-hybridized carbons (Fsp3) is 0.263. The molecule has 1 atom stereocenters. The van der Waals surface area contributed by atoms with E-state index in [0.717, 1.165) is 16.7 Å². The van der Waals surface area contributed by atoms with E-state index in [1.165, 1.54) is 0 Å². The Kier molecular flexibility index (Phi) is 5.00. The second kappa shape index (κ2) is 7.36. The van der Waals surface area contributed by atoms with Crippen LogP contribution in [0.4, 0.5) is 0 Å². The van der Waals surface area contributed by atoms with Gasteiger partial charge in [0.05, 0.1) is 19.8 Å². The van der Waals surface area contributed by atoms with E-state index in [0.29, 0.717) is 29.8 Å². The van der Waals surface area contributed by atoms with Crippen LogP contribution < -0.4 is 15.2 Å². The lowest BCUT2D eigenvalue weighted by Crippen LogP contribution is -2.14. The second-order valence-electron chi connectivity index (χ2n) is 5.68. The van der Waals surface area contributed by atoms with Gasteiger partial charge in [0, 0.05) is 5.56 Å². The SMILES string of the molecule is CCOc1ccc(C(N)c2nc(-c3ccccc3C)n[nH]2)cc1OC. The van der Waals surface area contributed by atoms with Gasteiger partial charge in [-0.05, 0) is 37.1 Å². The maximum absolute atomic E-state index is 6.36. The molecule has 6 heteroatoms. The lowest BCUT2D eigenvalue weighted by atomic mass is 10.1. The Balaban J connectivity index is 1.89. The number of nitrogens with one attached hydrogen (secondary N) is 1. The van der Waals surface area contributed by atoms with Crippen molar-refractivity contribution in [2.24, 2.45) is 5.73 Å². The van der Waals surface area contributed by atoms with Crippen LogP contribution >= 0.6 is 0 Å². The molecule has 3 N–H and O–H groups in total. The van der Waals surface area contributed by atoms with Gasteiger partial charge in [-0.1, -0.05) is 30.3 Å². The van der Waals surface area contributed by atoms with Crippen LogP contribution in [-0.2, 0) is 0 Å². The van der Waals surface area contributed by atoms with Crippen molar-refractivity contribution in [3.8, 4) is 22.9 Å². The fourth-order valence-electron chi connectivity index (χ4n) is 2.67. The first-order chi connectivity index (χ1) is 12.1. The Hall–Kier alpha value is -2.86. The van der Waals surface area contributed by atoms with E-state index in [1.807, 2.05) is 56.3 Å². The van der Waals surface area contributed by atoms with E-state index in [4.69, 9.17) is 15.2 Å². The normalized spacial score (nSPS) is 12.0. The van der Waals surface area contributed by atoms with Gasteiger partial charge in [-0.3, -0.25) is 5.10 Å². The van der Waals surface area contributed by atoms with E-state index in [-0.39, 0.29) is 0 Å². The van der Waals surface area contributed by atoms with Gasteiger partial charge in [0.25, 0.3) is 0 Å². The summed E-state index contributed by atoms with van der Waals surface area (Å²) in [7, 11) is 1.61. The van der Waals surface area contributed by atoms with Gasteiger partial charge in [-0.15, -0.1) is 0 Å². The summed E-state index contributed by atoms with van der Waals surface area (Å²) in [4.78, 5) is 4.57. The number of rotatable bonds is 6. The molecule has 0 saturated heterocycles. The van der Waals surface area contributed by atoms with Crippen LogP contribution in [0.15, 0.2) is 42.5 Å². The Bertz CT molecular complexity index is 860. The summed E-state index contributed by atoms with van der Waals surface area (Å²) in [5, 5.41) is 7.26. The summed E-state index contributed by atoms with van der Waals surface area (Å²) in [6.07, 6.45) is 0. The highest BCUT2D eigenvalue weighted by atomic mass is 16.5. The number of H-pyrrole nitrogens is 1. The Morgan fingerprint density at radius 2 is 1.96 bits per heavy atom. The molecule has 0 aliphatic carbocycles. The molecule has 1 aromatic heterocycles. The van der Waals surface area contributed by atoms with E-state index < -0.39 is 6.04 Å². The van der Waals surface area contributed by atoms with Gasteiger partial charge < -0.3 is 15.2 Å². The zero-order valence-electron chi connectivity index (χ0n) is 14.6. The summed E-state index contributed by atoms with van der Waals surface area (Å²) in [6, 6.07) is 13.2. The summed E-state index contributed by atoms with van der Waals surface area (Å²) >= 11 is 0. The summed E-state index contributed by atoms with van der Waals surface area (Å²) < 4.78 is 10.9. The highest BCUT2D eigenvalue weighted by Gasteiger charge is 2.17. The molecule has 1 unspecified atom stereocenters. The third kappa shape index (κ3) is 3.49. The van der Waals surface area contributed by atoms with Crippen LogP contribution in [0.3, 0.4) is 0 Å². The molecule has 0 amide bonds. The molecule has 0 aliphatic rings. The van der Waals surface area contributed by atoms with Crippen molar-refractivity contribution in [1.82, 2.24) is 15.2 Å². The third-order valence-corrected chi connectivity index (χ3v) is 4.03. The predicted octanol–water partition coefficient (Wildman–Crippen LogP) is 3.24. The fourth-order valence-corrected chi connectivity index (χ4v) is 2.67. The van der Waals surface area contributed by atoms with Crippen LogP contribution in [0.1, 0.15) is 29.9 Å². The Morgan fingerprint density at radius 3 is 2.68 bits per heavy atom. The zero-order chi connectivity index (χ0) is 17.8. The molecule has 0 radical (unpaired) electrons. The Morgan fingerprint density at radius 1 is 1.16 bits per heavy atom. The zero-order valence-corrected chi connectivity index (χ0v) is 14.6. The quantitative estimate of drug-likeness (QED) is 0.720. The summed E-state index contributed by atoms with van der Waals surface area (Å²) in [5.74, 6) is 2.58. The number of aromatic nitrogens is 3. The number of aryl methyl sites for hydroxylation is 1. The molecular weight excluding hydrogens is 316 g/mol. The van der Waals surface area contributed by atoms with Crippen LogP contribution in [0.5, 0.6) is 11.5 Å². The maximum atomic E-state index is 6.36. The van der Waals surface area contributed by atoms with Crippen molar-refractivity contribution >= 4 is 0 Å². The molecule has 130 valence electrons. The monoisotopic (exact) mass is 338 g/mol. The van der Waals surface area contributed by atoms with Crippen LogP contribution in [0.2, 0.25) is 0 Å². The molecule has 3 aromatic rings.